The molecule has 2 aromatic heterocycles. The molecule has 5 aromatic rings. The molecule has 0 N–H and O–H groups in total. The minimum absolute atomic E-state index is 0.140. The quantitative estimate of drug-likeness (QED) is 0.0863. The summed E-state index contributed by atoms with van der Waals surface area (Å²) in [4.78, 5) is -6.16. The molecule has 0 bridgehead atoms. The van der Waals surface area contributed by atoms with Crippen molar-refractivity contribution < 1.29 is 114 Å². The number of hydrogen-bond acceptors (Lipinski definition) is 2. The lowest BCUT2D eigenvalue weighted by atomic mass is 9.90. The van der Waals surface area contributed by atoms with Crippen LogP contribution in [0.3, 0.4) is 0 Å². The number of halogens is 26. The van der Waals surface area contributed by atoms with Crippen LogP contribution in [0.4, 0.5) is 114 Å². The van der Waals surface area contributed by atoms with Crippen LogP contribution in [-0.4, -0.2) is 59.7 Å². The van der Waals surface area contributed by atoms with Crippen molar-refractivity contribution in [3.05, 3.63) is 82.6 Å². The maximum atomic E-state index is 15.2. The molecule has 0 fully saturated rings. The molecule has 0 amide bonds. The first-order valence-electron chi connectivity index (χ1n) is 15.7. The third-order valence-electron chi connectivity index (χ3n) is 9.12. The molecule has 2 heterocycles. The SMILES string of the molecule is FC(F)(F)C(F)(F)C(F)(F)C(F)(F)C(F)(F)C(F)(F)c1ccc(-c2c3ccccc3c(-c3ccc(C(F)(F)C(F)(F)C(F)(F)C(F)(F)C(F)(F)C(F)(F)F)s3)c3ccccc23)s1. The molecule has 0 unspecified atom stereocenters. The van der Waals surface area contributed by atoms with Gasteiger partial charge in [-0.05, 0) is 45.8 Å². The van der Waals surface area contributed by atoms with Crippen molar-refractivity contribution in [2.45, 2.75) is 71.6 Å². The van der Waals surface area contributed by atoms with Gasteiger partial charge in [-0.25, -0.2) is 0 Å². The highest BCUT2D eigenvalue weighted by atomic mass is 32.1. The van der Waals surface area contributed by atoms with Gasteiger partial charge in [0.25, 0.3) is 0 Å². The number of alkyl halides is 26. The molecule has 0 nitrogen and oxygen atoms in total. The van der Waals surface area contributed by atoms with Gasteiger partial charge in [-0.3, -0.25) is 0 Å². The topological polar surface area (TPSA) is 0 Å². The molecule has 5 rings (SSSR count). The van der Waals surface area contributed by atoms with E-state index in [1.54, 1.807) is 0 Å². The lowest BCUT2D eigenvalue weighted by Gasteiger charge is -2.39. The fourth-order valence-electron chi connectivity index (χ4n) is 5.79. The van der Waals surface area contributed by atoms with Crippen molar-refractivity contribution >= 4 is 44.2 Å². The smallest absolute Gasteiger partial charge is 0.193 e. The van der Waals surface area contributed by atoms with Crippen LogP contribution >= 0.6 is 22.7 Å². The predicted molar refractivity (Wildman–Crippen MR) is 168 cm³/mol. The Morgan fingerprint density at radius 3 is 0.710 bits per heavy atom. The summed E-state index contributed by atoms with van der Waals surface area (Å²) in [7, 11) is 0. The molecule has 0 saturated heterocycles. The summed E-state index contributed by atoms with van der Waals surface area (Å²) < 4.78 is 361. The molecular formula is C34H12F26S2. The Labute approximate surface area is 333 Å². The molecule has 28 heteroatoms. The highest BCUT2D eigenvalue weighted by Gasteiger charge is 2.92. The highest BCUT2D eigenvalue weighted by Crippen LogP contribution is 2.65. The van der Waals surface area contributed by atoms with Gasteiger partial charge in [-0.2, -0.15) is 114 Å². The van der Waals surface area contributed by atoms with E-state index in [0.717, 1.165) is 48.5 Å². The average molecular weight is 979 g/mol. The van der Waals surface area contributed by atoms with Gasteiger partial charge in [0, 0.05) is 20.9 Å². The van der Waals surface area contributed by atoms with E-state index >= 15 is 17.6 Å². The minimum atomic E-state index is -8.21. The monoisotopic (exact) mass is 978 g/mol. The summed E-state index contributed by atoms with van der Waals surface area (Å²) in [6, 6.07) is 9.06. The van der Waals surface area contributed by atoms with E-state index < -0.39 is 125 Å². The zero-order chi connectivity index (χ0) is 47.7. The average Bonchev–Trinajstić information content (AvgIpc) is 3.84. The number of benzene rings is 3. The molecule has 0 saturated carbocycles. The number of thiophene rings is 2. The zero-order valence-corrected chi connectivity index (χ0v) is 30.2. The molecule has 0 atom stereocenters. The van der Waals surface area contributed by atoms with Gasteiger partial charge in [0.05, 0.1) is 9.75 Å². The van der Waals surface area contributed by atoms with Gasteiger partial charge in [0.1, 0.15) is 0 Å². The van der Waals surface area contributed by atoms with Crippen molar-refractivity contribution in [1.82, 2.24) is 0 Å². The summed E-state index contributed by atoms with van der Waals surface area (Å²) in [6.07, 6.45) is -15.3. The Morgan fingerprint density at radius 2 is 0.484 bits per heavy atom. The molecule has 62 heavy (non-hydrogen) atoms. The first-order chi connectivity index (χ1) is 27.6. The second-order valence-electron chi connectivity index (χ2n) is 12.9. The van der Waals surface area contributed by atoms with Gasteiger partial charge >= 0.3 is 71.6 Å². The van der Waals surface area contributed by atoms with Gasteiger partial charge in [-0.15, -0.1) is 22.7 Å². The lowest BCUT2D eigenvalue weighted by Crippen LogP contribution is -2.69. The van der Waals surface area contributed by atoms with E-state index in [-0.39, 0.29) is 33.7 Å². The lowest BCUT2D eigenvalue weighted by molar-refractivity contribution is -0.441. The van der Waals surface area contributed by atoms with E-state index in [0.29, 0.717) is 12.1 Å². The first kappa shape index (κ1) is 48.8. The second kappa shape index (κ2) is 14.1. The van der Waals surface area contributed by atoms with Gasteiger partial charge in [-0.1, -0.05) is 48.5 Å². The van der Waals surface area contributed by atoms with Crippen LogP contribution in [0, 0.1) is 0 Å². The third kappa shape index (κ3) is 6.39. The Bertz CT molecular complexity index is 2250. The fraction of sp³-hybridized carbons (Fsp3) is 0.353. The van der Waals surface area contributed by atoms with E-state index in [4.69, 9.17) is 0 Å². The van der Waals surface area contributed by atoms with Crippen LogP contribution in [0.25, 0.3) is 42.4 Å². The van der Waals surface area contributed by atoms with E-state index in [2.05, 4.69) is 0 Å². The normalized spacial score (nSPS) is 15.3. The van der Waals surface area contributed by atoms with E-state index in [1.165, 1.54) is 0 Å². The van der Waals surface area contributed by atoms with Crippen LogP contribution in [-0.2, 0) is 11.8 Å². The highest BCUT2D eigenvalue weighted by molar-refractivity contribution is 7.16. The molecule has 0 spiro atoms. The van der Waals surface area contributed by atoms with Gasteiger partial charge in [0.2, 0.25) is 0 Å². The minimum Gasteiger partial charge on any atom is -0.193 e. The Balaban J connectivity index is 1.66. The summed E-state index contributed by atoms with van der Waals surface area (Å²) in [5, 5.41) is -1.34. The maximum absolute atomic E-state index is 15.2. The summed E-state index contributed by atoms with van der Waals surface area (Å²) in [6.45, 7) is 0. The fourth-order valence-corrected chi connectivity index (χ4v) is 7.96. The summed E-state index contributed by atoms with van der Waals surface area (Å²) >= 11 is -1.29. The van der Waals surface area contributed by atoms with Gasteiger partial charge in [0.15, 0.2) is 0 Å². The van der Waals surface area contributed by atoms with Crippen molar-refractivity contribution in [3.63, 3.8) is 0 Å². The van der Waals surface area contributed by atoms with Crippen LogP contribution in [0.15, 0.2) is 72.8 Å². The Kier molecular flexibility index (Phi) is 11.1. The van der Waals surface area contributed by atoms with E-state index in [9.17, 15) is 96.6 Å². The van der Waals surface area contributed by atoms with Crippen molar-refractivity contribution in [2.24, 2.45) is 0 Å². The van der Waals surface area contributed by atoms with Crippen molar-refractivity contribution in [2.75, 3.05) is 0 Å². The summed E-state index contributed by atoms with van der Waals surface area (Å²) in [5.41, 5.74) is -0.866. The van der Waals surface area contributed by atoms with Crippen molar-refractivity contribution in [1.29, 1.82) is 0 Å². The number of hydrogen-bond donors (Lipinski definition) is 0. The molecule has 0 radical (unpaired) electrons. The molecule has 3 aromatic carbocycles. The molecular weight excluding hydrogens is 966 g/mol. The van der Waals surface area contributed by atoms with E-state index in [1.807, 2.05) is 0 Å². The molecule has 0 aliphatic carbocycles. The predicted octanol–water partition coefficient (Wildman–Crippen LogP) is 15.8. The van der Waals surface area contributed by atoms with Crippen LogP contribution in [0.2, 0.25) is 0 Å². The second-order valence-corrected chi connectivity index (χ2v) is 15.1. The number of rotatable bonds is 12. The molecule has 0 aliphatic heterocycles. The Morgan fingerprint density at radius 1 is 0.258 bits per heavy atom. The van der Waals surface area contributed by atoms with Crippen LogP contribution < -0.4 is 0 Å². The zero-order valence-electron chi connectivity index (χ0n) is 28.6. The first-order valence-corrected chi connectivity index (χ1v) is 17.3. The summed E-state index contributed by atoms with van der Waals surface area (Å²) in [5.74, 6) is -77.5. The van der Waals surface area contributed by atoms with Crippen LogP contribution in [0.5, 0.6) is 0 Å². The van der Waals surface area contributed by atoms with Crippen molar-refractivity contribution in [3.8, 4) is 20.9 Å². The van der Waals surface area contributed by atoms with Gasteiger partial charge < -0.3 is 0 Å². The maximum Gasteiger partial charge on any atom is 0.460 e. The van der Waals surface area contributed by atoms with Crippen LogP contribution in [0.1, 0.15) is 9.75 Å². The Hall–Kier alpha value is -4.24. The standard InChI is InChI=1S/C34H12F26S2/c35-23(36,25(39,40)27(43,44)29(47,48)31(51,52)33(55,56)57)19-11-9-17(61-19)21-13-5-1-2-6-14(13)22(16-8-4-3-7-15(16)21)18-10-12-20(62-18)24(37,38)26(41,42)28(45,46)30(49,50)32(53,54)34(58,59)60/h1-12H. The largest absolute Gasteiger partial charge is 0.460 e. The molecule has 342 valence electrons. The number of fused-ring (bicyclic) bond motifs is 2. The third-order valence-corrected chi connectivity index (χ3v) is 11.5. The molecule has 0 aliphatic rings.